The topological polar surface area (TPSA) is 65.1 Å². The van der Waals surface area contributed by atoms with Crippen LogP contribution in [0.5, 0.6) is 5.75 Å². The fourth-order valence-corrected chi connectivity index (χ4v) is 1.96. The van der Waals surface area contributed by atoms with Gasteiger partial charge in [0.25, 0.3) is 0 Å². The van der Waals surface area contributed by atoms with Gasteiger partial charge < -0.3 is 14.2 Å². The fourth-order valence-electron chi connectivity index (χ4n) is 1.96. The second-order valence-corrected chi connectivity index (χ2v) is 6.28. The summed E-state index contributed by atoms with van der Waals surface area (Å²) in [5, 5.41) is 0. The second kappa shape index (κ2) is 9.71. The van der Waals surface area contributed by atoms with Crippen LogP contribution in [0.25, 0.3) is 0 Å². The van der Waals surface area contributed by atoms with E-state index in [2.05, 4.69) is 6.58 Å². The van der Waals surface area contributed by atoms with Gasteiger partial charge in [-0.2, -0.15) is 0 Å². The minimum absolute atomic E-state index is 0.0851. The number of anilines is 1. The van der Waals surface area contributed by atoms with Gasteiger partial charge in [0.15, 0.2) is 0 Å². The average Bonchev–Trinajstić information content (AvgIpc) is 2.53. The molecule has 0 atom stereocenters. The highest BCUT2D eigenvalue weighted by Crippen LogP contribution is 2.22. The van der Waals surface area contributed by atoms with Crippen LogP contribution in [0.15, 0.2) is 36.9 Å². The zero-order valence-electron chi connectivity index (χ0n) is 15.4. The van der Waals surface area contributed by atoms with Gasteiger partial charge in [0.05, 0.1) is 13.0 Å². The molecule has 138 valence electrons. The molecule has 0 bridgehead atoms. The van der Waals surface area contributed by atoms with E-state index in [0.29, 0.717) is 24.7 Å². The Kier molecular flexibility index (Phi) is 7.98. The number of esters is 1. The van der Waals surface area contributed by atoms with Gasteiger partial charge in [-0.3, -0.25) is 9.69 Å². The molecule has 1 aromatic carbocycles. The minimum atomic E-state index is -0.633. The smallest absolute Gasteiger partial charge is 0.414 e. The molecule has 0 aromatic heterocycles. The third kappa shape index (κ3) is 7.74. The lowest BCUT2D eigenvalue weighted by atomic mass is 10.2. The summed E-state index contributed by atoms with van der Waals surface area (Å²) in [5.41, 5.74) is -0.0174. The lowest BCUT2D eigenvalue weighted by Gasteiger charge is -2.27. The van der Waals surface area contributed by atoms with Crippen LogP contribution in [0.1, 0.15) is 34.1 Å². The van der Waals surface area contributed by atoms with E-state index in [9.17, 15) is 9.59 Å². The zero-order chi connectivity index (χ0) is 18.9. The maximum absolute atomic E-state index is 12.5. The van der Waals surface area contributed by atoms with Gasteiger partial charge in [0.2, 0.25) is 0 Å². The zero-order valence-corrected chi connectivity index (χ0v) is 15.4. The average molecular weight is 349 g/mol. The number of hydrogen-bond donors (Lipinski definition) is 0. The van der Waals surface area contributed by atoms with Gasteiger partial charge >= 0.3 is 12.1 Å². The van der Waals surface area contributed by atoms with Gasteiger partial charge in [-0.25, -0.2) is 4.79 Å². The molecule has 0 saturated carbocycles. The molecule has 0 radical (unpaired) electrons. The monoisotopic (exact) mass is 349 g/mol. The second-order valence-electron chi connectivity index (χ2n) is 6.28. The molecule has 0 unspecified atom stereocenters. The number of carbonyl (C=O) groups is 2. The van der Waals surface area contributed by atoms with Gasteiger partial charge in [-0.05, 0) is 52.0 Å². The number of ether oxygens (including phenoxy) is 3. The predicted molar refractivity (Wildman–Crippen MR) is 97.0 cm³/mol. The van der Waals surface area contributed by atoms with Crippen LogP contribution >= 0.6 is 0 Å². The third-order valence-electron chi connectivity index (χ3n) is 2.97. The van der Waals surface area contributed by atoms with E-state index in [1.165, 1.54) is 4.90 Å². The minimum Gasteiger partial charge on any atom is -0.490 e. The van der Waals surface area contributed by atoms with Crippen molar-refractivity contribution < 1.29 is 23.8 Å². The van der Waals surface area contributed by atoms with Gasteiger partial charge in [0.1, 0.15) is 18.0 Å². The van der Waals surface area contributed by atoms with E-state index in [1.54, 1.807) is 58.0 Å². The molecular weight excluding hydrogens is 322 g/mol. The summed E-state index contributed by atoms with van der Waals surface area (Å²) in [7, 11) is 0. The molecule has 0 aliphatic rings. The summed E-state index contributed by atoms with van der Waals surface area (Å²) in [5.74, 6) is 0.306. The van der Waals surface area contributed by atoms with Crippen molar-refractivity contribution in [2.75, 3.05) is 24.7 Å². The Morgan fingerprint density at radius 3 is 2.36 bits per heavy atom. The lowest BCUT2D eigenvalue weighted by Crippen LogP contribution is -2.38. The quantitative estimate of drug-likeness (QED) is 0.525. The first-order chi connectivity index (χ1) is 11.8. The summed E-state index contributed by atoms with van der Waals surface area (Å²) >= 11 is 0. The van der Waals surface area contributed by atoms with Gasteiger partial charge in [0, 0.05) is 12.2 Å². The lowest BCUT2D eigenvalue weighted by molar-refractivity contribution is -0.142. The summed E-state index contributed by atoms with van der Waals surface area (Å²) in [6, 6.07) is 6.99. The van der Waals surface area contributed by atoms with E-state index in [0.717, 1.165) is 0 Å². The van der Waals surface area contributed by atoms with Crippen molar-refractivity contribution in [3.05, 3.63) is 36.9 Å². The molecule has 0 heterocycles. The number of nitrogens with zero attached hydrogens (tertiary/aromatic N) is 1. The van der Waals surface area contributed by atoms with Crippen LogP contribution in [0.2, 0.25) is 0 Å². The Labute approximate surface area is 149 Å². The maximum atomic E-state index is 12.5. The number of amides is 1. The summed E-state index contributed by atoms with van der Waals surface area (Å²) < 4.78 is 15.8. The fraction of sp³-hybridized carbons (Fsp3) is 0.474. The predicted octanol–water partition coefficient (Wildman–Crippen LogP) is 3.95. The molecule has 0 saturated heterocycles. The standard InChI is InChI=1S/C19H27NO5/c1-6-14-24-16-10-8-15(9-11-16)20(13-12-17(21)23-7-2)18(22)25-19(3,4)5/h6,8-11H,1,7,12-14H2,2-5H3. The largest absolute Gasteiger partial charge is 0.490 e. The summed E-state index contributed by atoms with van der Waals surface area (Å²) in [6.07, 6.45) is 1.22. The van der Waals surface area contributed by atoms with Crippen molar-refractivity contribution in [1.29, 1.82) is 0 Å². The van der Waals surface area contributed by atoms with E-state index >= 15 is 0 Å². The molecule has 0 aliphatic carbocycles. The maximum Gasteiger partial charge on any atom is 0.414 e. The third-order valence-corrected chi connectivity index (χ3v) is 2.97. The Morgan fingerprint density at radius 2 is 1.84 bits per heavy atom. The van der Waals surface area contributed by atoms with Crippen molar-refractivity contribution in [3.63, 3.8) is 0 Å². The Balaban J connectivity index is 2.90. The van der Waals surface area contributed by atoms with Crippen LogP contribution < -0.4 is 9.64 Å². The highest BCUT2D eigenvalue weighted by Gasteiger charge is 2.24. The van der Waals surface area contributed by atoms with Crippen molar-refractivity contribution in [1.82, 2.24) is 0 Å². The van der Waals surface area contributed by atoms with Crippen LogP contribution in [-0.4, -0.2) is 37.4 Å². The molecule has 6 heteroatoms. The van der Waals surface area contributed by atoms with Crippen LogP contribution in [0, 0.1) is 0 Å². The molecule has 25 heavy (non-hydrogen) atoms. The highest BCUT2D eigenvalue weighted by atomic mass is 16.6. The Bertz CT molecular complexity index is 574. The van der Waals surface area contributed by atoms with Gasteiger partial charge in [-0.1, -0.05) is 12.7 Å². The molecule has 6 nitrogen and oxygen atoms in total. The number of carbonyl (C=O) groups excluding carboxylic acids is 2. The van der Waals surface area contributed by atoms with Crippen molar-refractivity contribution in [3.8, 4) is 5.75 Å². The van der Waals surface area contributed by atoms with Crippen LogP contribution in [-0.2, 0) is 14.3 Å². The molecule has 0 aliphatic heterocycles. The van der Waals surface area contributed by atoms with E-state index < -0.39 is 11.7 Å². The number of rotatable bonds is 8. The van der Waals surface area contributed by atoms with Gasteiger partial charge in [-0.15, -0.1) is 0 Å². The number of hydrogen-bond acceptors (Lipinski definition) is 5. The van der Waals surface area contributed by atoms with Crippen molar-refractivity contribution >= 4 is 17.7 Å². The molecule has 0 N–H and O–H groups in total. The van der Waals surface area contributed by atoms with E-state index in [4.69, 9.17) is 14.2 Å². The SMILES string of the molecule is C=CCOc1ccc(N(CCC(=O)OCC)C(=O)OC(C)(C)C)cc1. The molecule has 0 fully saturated rings. The first-order valence-corrected chi connectivity index (χ1v) is 8.26. The van der Waals surface area contributed by atoms with Crippen LogP contribution in [0.3, 0.4) is 0 Å². The van der Waals surface area contributed by atoms with E-state index in [-0.39, 0.29) is 18.9 Å². The molecule has 1 amide bonds. The van der Waals surface area contributed by atoms with E-state index in [1.807, 2.05) is 0 Å². The Morgan fingerprint density at radius 1 is 1.20 bits per heavy atom. The molecular formula is C19H27NO5. The first-order valence-electron chi connectivity index (χ1n) is 8.26. The van der Waals surface area contributed by atoms with Crippen molar-refractivity contribution in [2.24, 2.45) is 0 Å². The normalized spacial score (nSPS) is 10.7. The van der Waals surface area contributed by atoms with Crippen LogP contribution in [0.4, 0.5) is 10.5 Å². The van der Waals surface area contributed by atoms with Crippen molar-refractivity contribution in [2.45, 2.75) is 39.7 Å². The summed E-state index contributed by atoms with van der Waals surface area (Å²) in [6.45, 7) is 11.6. The molecule has 1 aromatic rings. The molecule has 0 spiro atoms. The number of benzene rings is 1. The first kappa shape index (κ1) is 20.5. The summed E-state index contributed by atoms with van der Waals surface area (Å²) in [4.78, 5) is 25.5. The molecule has 1 rings (SSSR count). The highest BCUT2D eigenvalue weighted by molar-refractivity contribution is 5.88. The Hall–Kier alpha value is -2.50.